The predicted molar refractivity (Wildman–Crippen MR) is 80.8 cm³/mol. The molecule has 1 aromatic rings. The van der Waals surface area contributed by atoms with E-state index in [-0.39, 0.29) is 40.7 Å². The number of nitrogens with zero attached hydrogens (tertiary/aromatic N) is 1. The lowest BCUT2D eigenvalue weighted by molar-refractivity contribution is -0.384. The summed E-state index contributed by atoms with van der Waals surface area (Å²) in [5.41, 5.74) is -0.0250. The molecule has 0 aromatic heterocycles. The molecule has 2 N–H and O–H groups in total. The molecule has 3 rings (SSSR count). The van der Waals surface area contributed by atoms with Crippen LogP contribution in [0.2, 0.25) is 5.02 Å². The van der Waals surface area contributed by atoms with Gasteiger partial charge in [-0.3, -0.25) is 14.9 Å². The summed E-state index contributed by atoms with van der Waals surface area (Å²) in [6, 6.07) is 3.80. The Morgan fingerprint density at radius 1 is 1.36 bits per heavy atom. The summed E-state index contributed by atoms with van der Waals surface area (Å²) in [6.45, 7) is 0.0573. The second-order valence-corrected chi connectivity index (χ2v) is 6.57. The Labute approximate surface area is 132 Å². The summed E-state index contributed by atoms with van der Waals surface area (Å²) in [4.78, 5) is 22.7. The molecule has 0 saturated heterocycles. The summed E-state index contributed by atoms with van der Waals surface area (Å²) in [5.74, 6) is 0.563. The van der Waals surface area contributed by atoms with Crippen molar-refractivity contribution in [2.45, 2.75) is 25.3 Å². The van der Waals surface area contributed by atoms with E-state index in [0.29, 0.717) is 11.8 Å². The number of non-ortho nitro benzene ring substituents is 1. The van der Waals surface area contributed by atoms with Gasteiger partial charge in [-0.05, 0) is 37.2 Å². The van der Waals surface area contributed by atoms with Crippen LogP contribution in [0.15, 0.2) is 18.2 Å². The van der Waals surface area contributed by atoms with Crippen molar-refractivity contribution in [3.8, 4) is 0 Å². The number of hydrogen-bond donors (Lipinski definition) is 2. The molecule has 4 atom stereocenters. The fourth-order valence-corrected chi connectivity index (χ4v) is 4.17. The summed E-state index contributed by atoms with van der Waals surface area (Å²) >= 11 is 5.85. The molecular formula is C15H17ClN2O4. The van der Waals surface area contributed by atoms with E-state index in [4.69, 9.17) is 11.6 Å². The van der Waals surface area contributed by atoms with Crippen molar-refractivity contribution < 1.29 is 14.8 Å². The van der Waals surface area contributed by atoms with Crippen molar-refractivity contribution in [3.05, 3.63) is 38.9 Å². The maximum absolute atomic E-state index is 12.4. The van der Waals surface area contributed by atoms with Crippen LogP contribution in [0.1, 0.15) is 29.6 Å². The quantitative estimate of drug-likeness (QED) is 0.657. The minimum Gasteiger partial charge on any atom is -0.396 e. The van der Waals surface area contributed by atoms with E-state index >= 15 is 0 Å². The molecule has 2 fully saturated rings. The third-order valence-corrected chi connectivity index (χ3v) is 5.17. The average molecular weight is 325 g/mol. The third kappa shape index (κ3) is 2.68. The summed E-state index contributed by atoms with van der Waals surface area (Å²) in [6.07, 6.45) is 3.19. The molecule has 0 heterocycles. The molecule has 0 spiro atoms. The van der Waals surface area contributed by atoms with Gasteiger partial charge >= 0.3 is 0 Å². The average Bonchev–Trinajstić information content (AvgIpc) is 3.07. The number of aliphatic hydroxyl groups is 1. The number of aliphatic hydroxyl groups excluding tert-OH is 1. The van der Waals surface area contributed by atoms with Gasteiger partial charge in [0.05, 0.1) is 4.92 Å². The number of nitro benzene ring substituents is 1. The van der Waals surface area contributed by atoms with Crippen molar-refractivity contribution in [2.75, 3.05) is 6.61 Å². The van der Waals surface area contributed by atoms with Crippen molar-refractivity contribution in [3.63, 3.8) is 0 Å². The molecule has 118 valence electrons. The van der Waals surface area contributed by atoms with Gasteiger partial charge in [0, 0.05) is 41.3 Å². The monoisotopic (exact) mass is 324 g/mol. The first kappa shape index (κ1) is 15.2. The first-order valence-electron chi connectivity index (χ1n) is 7.36. The van der Waals surface area contributed by atoms with Gasteiger partial charge in [0.1, 0.15) is 0 Å². The number of rotatable bonds is 4. The van der Waals surface area contributed by atoms with Gasteiger partial charge in [0.25, 0.3) is 11.6 Å². The Kier molecular flexibility index (Phi) is 4.06. The molecule has 22 heavy (non-hydrogen) atoms. The van der Waals surface area contributed by atoms with Gasteiger partial charge in [-0.1, -0.05) is 11.6 Å². The van der Waals surface area contributed by atoms with Crippen LogP contribution < -0.4 is 5.32 Å². The molecule has 2 aliphatic rings. The number of carbonyl (C=O) groups is 1. The molecular weight excluding hydrogens is 308 g/mol. The van der Waals surface area contributed by atoms with E-state index in [1.165, 1.54) is 18.2 Å². The SMILES string of the molecule is O=C(NC1C2CCC(C2)C1CO)c1cc(Cl)cc([N+](=O)[O-])c1. The Morgan fingerprint density at radius 2 is 2.09 bits per heavy atom. The topological polar surface area (TPSA) is 92.5 Å². The molecule has 1 amide bonds. The standard InChI is InChI=1S/C15H17ClN2O4/c16-11-4-10(5-12(6-11)18(21)22)15(20)17-14-9-2-1-8(3-9)13(14)7-19/h4-6,8-9,13-14,19H,1-3,7H2,(H,17,20). The van der Waals surface area contributed by atoms with Crippen LogP contribution in [0, 0.1) is 27.9 Å². The highest BCUT2D eigenvalue weighted by atomic mass is 35.5. The number of nitrogens with one attached hydrogen (secondary N) is 1. The first-order valence-corrected chi connectivity index (χ1v) is 7.74. The number of nitro groups is 1. The van der Waals surface area contributed by atoms with Crippen LogP contribution in [-0.4, -0.2) is 28.6 Å². The molecule has 6 nitrogen and oxygen atoms in total. The molecule has 4 unspecified atom stereocenters. The molecule has 2 bridgehead atoms. The van der Waals surface area contributed by atoms with E-state index in [2.05, 4.69) is 5.32 Å². The van der Waals surface area contributed by atoms with Crippen molar-refractivity contribution in [1.29, 1.82) is 0 Å². The smallest absolute Gasteiger partial charge is 0.271 e. The summed E-state index contributed by atoms with van der Waals surface area (Å²) < 4.78 is 0. The van der Waals surface area contributed by atoms with Crippen molar-refractivity contribution in [1.82, 2.24) is 5.32 Å². The Bertz CT molecular complexity index is 622. The summed E-state index contributed by atoms with van der Waals surface area (Å²) in [7, 11) is 0. The van der Waals surface area contributed by atoms with Crippen molar-refractivity contribution in [2.24, 2.45) is 17.8 Å². The molecule has 2 aliphatic carbocycles. The highest BCUT2D eigenvalue weighted by Crippen LogP contribution is 2.48. The minimum absolute atomic E-state index is 0.0573. The maximum Gasteiger partial charge on any atom is 0.271 e. The fourth-order valence-electron chi connectivity index (χ4n) is 3.94. The fraction of sp³-hybridized carbons (Fsp3) is 0.533. The van der Waals surface area contributed by atoms with Gasteiger partial charge < -0.3 is 10.4 Å². The number of halogens is 1. The zero-order chi connectivity index (χ0) is 15.9. The zero-order valence-electron chi connectivity index (χ0n) is 11.9. The zero-order valence-corrected chi connectivity index (χ0v) is 12.6. The highest BCUT2D eigenvalue weighted by Gasteiger charge is 2.47. The predicted octanol–water partition coefficient (Wildman–Crippen LogP) is 2.39. The highest BCUT2D eigenvalue weighted by molar-refractivity contribution is 6.31. The van der Waals surface area contributed by atoms with E-state index < -0.39 is 4.92 Å². The van der Waals surface area contributed by atoms with Crippen LogP contribution in [0.25, 0.3) is 0 Å². The number of hydrogen-bond acceptors (Lipinski definition) is 4. The van der Waals surface area contributed by atoms with E-state index in [1.807, 2.05) is 0 Å². The summed E-state index contributed by atoms with van der Waals surface area (Å²) in [5, 5.41) is 23.5. The van der Waals surface area contributed by atoms with Crippen LogP contribution in [0.5, 0.6) is 0 Å². The van der Waals surface area contributed by atoms with Crippen molar-refractivity contribution >= 4 is 23.2 Å². The lowest BCUT2D eigenvalue weighted by Crippen LogP contribution is -2.45. The second kappa shape index (κ2) is 5.85. The molecule has 7 heteroatoms. The lowest BCUT2D eigenvalue weighted by atomic mass is 9.85. The third-order valence-electron chi connectivity index (χ3n) is 4.95. The van der Waals surface area contributed by atoms with E-state index in [9.17, 15) is 20.0 Å². The maximum atomic E-state index is 12.4. The molecule has 2 saturated carbocycles. The Hall–Kier alpha value is -1.66. The normalized spacial score (nSPS) is 29.5. The van der Waals surface area contributed by atoms with Gasteiger partial charge in [-0.25, -0.2) is 0 Å². The van der Waals surface area contributed by atoms with Crippen LogP contribution in [0.3, 0.4) is 0 Å². The van der Waals surface area contributed by atoms with Crippen LogP contribution in [0.4, 0.5) is 5.69 Å². The van der Waals surface area contributed by atoms with E-state index in [1.54, 1.807) is 0 Å². The Morgan fingerprint density at radius 3 is 2.77 bits per heavy atom. The number of amides is 1. The second-order valence-electron chi connectivity index (χ2n) is 6.13. The van der Waals surface area contributed by atoms with E-state index in [0.717, 1.165) is 19.3 Å². The number of carbonyl (C=O) groups excluding carboxylic acids is 1. The van der Waals surface area contributed by atoms with Gasteiger partial charge in [0.15, 0.2) is 0 Å². The van der Waals surface area contributed by atoms with Crippen LogP contribution >= 0.6 is 11.6 Å². The van der Waals surface area contributed by atoms with Crippen LogP contribution in [-0.2, 0) is 0 Å². The number of benzene rings is 1. The molecule has 0 aliphatic heterocycles. The van der Waals surface area contributed by atoms with Gasteiger partial charge in [0.2, 0.25) is 0 Å². The molecule has 1 aromatic carbocycles. The first-order chi connectivity index (χ1) is 10.5. The lowest BCUT2D eigenvalue weighted by Gasteiger charge is -2.30. The molecule has 0 radical (unpaired) electrons. The minimum atomic E-state index is -0.573. The van der Waals surface area contributed by atoms with Gasteiger partial charge in [-0.2, -0.15) is 0 Å². The number of fused-ring (bicyclic) bond motifs is 2. The largest absolute Gasteiger partial charge is 0.396 e. The Balaban J connectivity index is 1.79. The van der Waals surface area contributed by atoms with Gasteiger partial charge in [-0.15, -0.1) is 0 Å².